The van der Waals surface area contributed by atoms with E-state index in [1.54, 1.807) is 61.5 Å². The third-order valence-corrected chi connectivity index (χ3v) is 7.61. The monoisotopic (exact) mass is 594 g/mol. The SMILES string of the molecule is CCCCCCCCCCOc1ccc(C(=O)Oc2ccc(C(=O)/C=C/C3C(=O)N(c4ccc(C)cc4)N=C3C)cc2)cc1. The van der Waals surface area contributed by atoms with E-state index in [0.29, 0.717) is 34.9 Å². The van der Waals surface area contributed by atoms with E-state index in [4.69, 9.17) is 9.47 Å². The lowest BCUT2D eigenvalue weighted by Crippen LogP contribution is -2.26. The van der Waals surface area contributed by atoms with Gasteiger partial charge in [-0.05, 0) is 87.0 Å². The average Bonchev–Trinajstić information content (AvgIpc) is 3.32. The van der Waals surface area contributed by atoms with Crippen molar-refractivity contribution in [1.82, 2.24) is 0 Å². The van der Waals surface area contributed by atoms with E-state index in [1.165, 1.54) is 56.0 Å². The van der Waals surface area contributed by atoms with E-state index >= 15 is 0 Å². The molecule has 230 valence electrons. The number of carbonyl (C=O) groups excluding carboxylic acids is 3. The number of allylic oxidation sites excluding steroid dienone is 1. The number of hydrogen-bond donors (Lipinski definition) is 0. The molecule has 1 atom stereocenters. The Labute approximate surface area is 260 Å². The molecular formula is C37H42N2O5. The van der Waals surface area contributed by atoms with Crippen LogP contribution in [0, 0.1) is 12.8 Å². The molecule has 0 fully saturated rings. The van der Waals surface area contributed by atoms with Gasteiger partial charge in [-0.25, -0.2) is 4.79 Å². The molecule has 0 radical (unpaired) electrons. The van der Waals surface area contributed by atoms with Gasteiger partial charge in [0.1, 0.15) is 11.5 Å². The topological polar surface area (TPSA) is 85.3 Å². The number of esters is 1. The molecule has 7 nitrogen and oxygen atoms in total. The van der Waals surface area contributed by atoms with Gasteiger partial charge in [-0.3, -0.25) is 9.59 Å². The van der Waals surface area contributed by atoms with Crippen LogP contribution in [0.4, 0.5) is 5.69 Å². The Morgan fingerprint density at radius 1 is 0.773 bits per heavy atom. The van der Waals surface area contributed by atoms with E-state index in [2.05, 4.69) is 12.0 Å². The van der Waals surface area contributed by atoms with Gasteiger partial charge in [0.2, 0.25) is 0 Å². The van der Waals surface area contributed by atoms with E-state index in [9.17, 15) is 14.4 Å². The fourth-order valence-corrected chi connectivity index (χ4v) is 4.92. The zero-order valence-electron chi connectivity index (χ0n) is 26.0. The second kappa shape index (κ2) is 16.4. The van der Waals surface area contributed by atoms with Gasteiger partial charge in [0.15, 0.2) is 5.78 Å². The molecule has 1 heterocycles. The molecular weight excluding hydrogens is 552 g/mol. The van der Waals surface area contributed by atoms with Gasteiger partial charge in [0, 0.05) is 5.56 Å². The molecule has 0 bridgehead atoms. The molecule has 1 unspecified atom stereocenters. The fraction of sp³-hybridized carbons (Fsp3) is 0.351. The Morgan fingerprint density at radius 2 is 1.36 bits per heavy atom. The van der Waals surface area contributed by atoms with Crippen molar-refractivity contribution in [2.24, 2.45) is 11.0 Å². The Balaban J connectivity index is 1.21. The van der Waals surface area contributed by atoms with Crippen LogP contribution in [-0.4, -0.2) is 30.0 Å². The van der Waals surface area contributed by atoms with E-state index < -0.39 is 11.9 Å². The lowest BCUT2D eigenvalue weighted by molar-refractivity contribution is -0.118. The minimum absolute atomic E-state index is 0.208. The summed E-state index contributed by atoms with van der Waals surface area (Å²) in [5, 5.41) is 5.76. The van der Waals surface area contributed by atoms with E-state index in [1.807, 2.05) is 31.2 Å². The Morgan fingerprint density at radius 3 is 2.02 bits per heavy atom. The molecule has 3 aromatic rings. The molecule has 0 saturated heterocycles. The number of ketones is 1. The summed E-state index contributed by atoms with van der Waals surface area (Å²) in [5.74, 6) is -0.522. The number of amides is 1. The number of hydrazone groups is 1. The second-order valence-electron chi connectivity index (χ2n) is 11.2. The van der Waals surface area contributed by atoms with Crippen LogP contribution in [0.1, 0.15) is 91.5 Å². The van der Waals surface area contributed by atoms with Crippen LogP contribution >= 0.6 is 0 Å². The maximum Gasteiger partial charge on any atom is 0.343 e. The molecule has 44 heavy (non-hydrogen) atoms. The summed E-state index contributed by atoms with van der Waals surface area (Å²) < 4.78 is 11.3. The number of unbranched alkanes of at least 4 members (excludes halogenated alkanes) is 7. The van der Waals surface area contributed by atoms with Gasteiger partial charge < -0.3 is 9.47 Å². The number of rotatable bonds is 16. The summed E-state index contributed by atoms with van der Waals surface area (Å²) in [6.45, 7) is 6.64. The van der Waals surface area contributed by atoms with Crippen molar-refractivity contribution in [3.8, 4) is 11.5 Å². The predicted octanol–water partition coefficient (Wildman–Crippen LogP) is 8.51. The summed E-state index contributed by atoms with van der Waals surface area (Å²) in [7, 11) is 0. The highest BCUT2D eigenvalue weighted by molar-refractivity contribution is 6.17. The number of carbonyl (C=O) groups is 3. The molecule has 1 aliphatic rings. The largest absolute Gasteiger partial charge is 0.494 e. The van der Waals surface area contributed by atoms with Crippen molar-refractivity contribution in [2.45, 2.75) is 72.1 Å². The molecule has 7 heteroatoms. The van der Waals surface area contributed by atoms with Crippen LogP contribution in [0.5, 0.6) is 11.5 Å². The highest BCUT2D eigenvalue weighted by Crippen LogP contribution is 2.25. The van der Waals surface area contributed by atoms with Gasteiger partial charge >= 0.3 is 5.97 Å². The lowest BCUT2D eigenvalue weighted by Gasteiger charge is -2.13. The predicted molar refractivity (Wildman–Crippen MR) is 175 cm³/mol. The zero-order chi connectivity index (χ0) is 31.3. The van der Waals surface area contributed by atoms with Crippen LogP contribution in [0.25, 0.3) is 0 Å². The summed E-state index contributed by atoms with van der Waals surface area (Å²) in [4.78, 5) is 38.4. The van der Waals surface area contributed by atoms with Gasteiger partial charge in [0.25, 0.3) is 5.91 Å². The molecule has 0 aromatic heterocycles. The lowest BCUT2D eigenvalue weighted by atomic mass is 10.0. The number of aryl methyl sites for hydroxylation is 1. The molecule has 0 N–H and O–H groups in total. The number of anilines is 1. The minimum atomic E-state index is -0.609. The maximum absolute atomic E-state index is 12.9. The molecule has 3 aromatic carbocycles. The Bertz CT molecular complexity index is 1460. The van der Waals surface area contributed by atoms with Crippen molar-refractivity contribution in [3.63, 3.8) is 0 Å². The Hall–Kier alpha value is -4.52. The number of ether oxygens (including phenoxy) is 2. The fourth-order valence-electron chi connectivity index (χ4n) is 4.92. The average molecular weight is 595 g/mol. The van der Waals surface area contributed by atoms with Crippen LogP contribution in [0.15, 0.2) is 90.0 Å². The molecule has 4 rings (SSSR count). The number of nitrogens with zero attached hydrogens (tertiary/aromatic N) is 2. The van der Waals surface area contributed by atoms with Crippen molar-refractivity contribution >= 4 is 29.1 Å². The van der Waals surface area contributed by atoms with Crippen molar-refractivity contribution in [1.29, 1.82) is 0 Å². The standard InChI is InChI=1S/C37H42N2O5/c1-4-5-6-7-8-9-10-11-26-43-32-20-16-30(17-21-32)37(42)44-33-22-14-29(15-23-33)35(40)25-24-34-28(3)38-39(36(34)41)31-18-12-27(2)13-19-31/h12-25,34H,4-11,26H2,1-3H3/b25-24+. The first-order valence-corrected chi connectivity index (χ1v) is 15.6. The minimum Gasteiger partial charge on any atom is -0.494 e. The normalized spacial score (nSPS) is 14.6. The molecule has 0 aliphatic carbocycles. The van der Waals surface area contributed by atoms with Crippen LogP contribution < -0.4 is 14.5 Å². The van der Waals surface area contributed by atoms with E-state index in [0.717, 1.165) is 17.7 Å². The Kier molecular flexibility index (Phi) is 12.0. The maximum atomic E-state index is 12.9. The summed E-state index contributed by atoms with van der Waals surface area (Å²) in [6.07, 6.45) is 12.9. The third-order valence-electron chi connectivity index (χ3n) is 7.61. The summed E-state index contributed by atoms with van der Waals surface area (Å²) >= 11 is 0. The number of hydrogen-bond acceptors (Lipinski definition) is 6. The van der Waals surface area contributed by atoms with Crippen LogP contribution in [0.3, 0.4) is 0 Å². The first-order valence-electron chi connectivity index (χ1n) is 15.6. The second-order valence-corrected chi connectivity index (χ2v) is 11.2. The van der Waals surface area contributed by atoms with Gasteiger partial charge in [-0.1, -0.05) is 75.6 Å². The zero-order valence-corrected chi connectivity index (χ0v) is 26.0. The van der Waals surface area contributed by atoms with Crippen molar-refractivity contribution in [3.05, 3.63) is 102 Å². The van der Waals surface area contributed by atoms with Crippen molar-refractivity contribution in [2.75, 3.05) is 11.6 Å². The molecule has 0 spiro atoms. The van der Waals surface area contributed by atoms with Crippen LogP contribution in [0.2, 0.25) is 0 Å². The van der Waals surface area contributed by atoms with Crippen LogP contribution in [-0.2, 0) is 4.79 Å². The highest BCUT2D eigenvalue weighted by Gasteiger charge is 2.32. The first kappa shape index (κ1) is 32.4. The van der Waals surface area contributed by atoms with Gasteiger partial charge in [-0.2, -0.15) is 10.1 Å². The van der Waals surface area contributed by atoms with Gasteiger partial charge in [-0.15, -0.1) is 0 Å². The third kappa shape index (κ3) is 9.24. The highest BCUT2D eigenvalue weighted by atomic mass is 16.5. The molecule has 1 amide bonds. The van der Waals surface area contributed by atoms with Gasteiger partial charge in [0.05, 0.1) is 29.5 Å². The quantitative estimate of drug-likeness (QED) is 0.0546. The van der Waals surface area contributed by atoms with E-state index in [-0.39, 0.29) is 11.7 Å². The van der Waals surface area contributed by atoms with Crippen molar-refractivity contribution < 1.29 is 23.9 Å². The summed E-state index contributed by atoms with van der Waals surface area (Å²) in [6, 6.07) is 20.8. The summed E-state index contributed by atoms with van der Waals surface area (Å²) in [5.41, 5.74) is 3.21. The number of benzene rings is 3. The smallest absolute Gasteiger partial charge is 0.343 e. The molecule has 1 aliphatic heterocycles. The first-order chi connectivity index (χ1) is 21.4. The molecule has 0 saturated carbocycles.